The summed E-state index contributed by atoms with van der Waals surface area (Å²) >= 11 is 5.77. The van der Waals surface area contributed by atoms with E-state index in [0.29, 0.717) is 0 Å². The highest BCUT2D eigenvalue weighted by Gasteiger charge is 2.46. The van der Waals surface area contributed by atoms with Gasteiger partial charge in [-0.2, -0.15) is 0 Å². The molecule has 0 N–H and O–H groups in total. The molecular weight excluding hydrogens is 868 g/mol. The summed E-state index contributed by atoms with van der Waals surface area (Å²) in [5.74, 6) is 0. The van der Waals surface area contributed by atoms with E-state index in [1.807, 2.05) is 34.0 Å². The Balaban J connectivity index is 1.16. The lowest BCUT2D eigenvalue weighted by molar-refractivity contribution is 0.589. The number of anilines is 6. The van der Waals surface area contributed by atoms with Crippen LogP contribution in [0.5, 0.6) is 0 Å². The summed E-state index contributed by atoms with van der Waals surface area (Å²) in [6.45, 7) is 25.7. The molecular formula is C61H55BN2S3. The van der Waals surface area contributed by atoms with E-state index < -0.39 is 0 Å². The summed E-state index contributed by atoms with van der Waals surface area (Å²) in [4.78, 5) is 7.96. The Hall–Kier alpha value is -5.92. The number of hydrogen-bond donors (Lipinski definition) is 0. The first-order chi connectivity index (χ1) is 32.0. The van der Waals surface area contributed by atoms with E-state index in [2.05, 4.69) is 219 Å². The predicted molar refractivity (Wildman–Crippen MR) is 299 cm³/mol. The van der Waals surface area contributed by atoms with Gasteiger partial charge in [0.05, 0.1) is 17.1 Å². The van der Waals surface area contributed by atoms with Gasteiger partial charge in [-0.25, -0.2) is 0 Å². The van der Waals surface area contributed by atoms with Crippen molar-refractivity contribution in [2.75, 3.05) is 9.80 Å². The van der Waals surface area contributed by atoms with Crippen molar-refractivity contribution >= 4 is 121 Å². The van der Waals surface area contributed by atoms with Crippen molar-refractivity contribution < 1.29 is 0 Å². The summed E-state index contributed by atoms with van der Waals surface area (Å²) in [7, 11) is 0. The Kier molecular flexibility index (Phi) is 9.53. The van der Waals surface area contributed by atoms with Gasteiger partial charge in [-0.15, -0.1) is 34.0 Å². The fourth-order valence-corrected chi connectivity index (χ4v) is 14.6. The molecule has 2 aliphatic rings. The molecule has 5 heterocycles. The summed E-state index contributed by atoms with van der Waals surface area (Å²) in [6.07, 6.45) is 0. The maximum atomic E-state index is 2.69. The first-order valence-electron chi connectivity index (χ1n) is 23.7. The van der Waals surface area contributed by atoms with E-state index in [9.17, 15) is 0 Å². The summed E-state index contributed by atoms with van der Waals surface area (Å²) < 4.78 is 5.40. The van der Waals surface area contributed by atoms with Gasteiger partial charge in [0.2, 0.25) is 0 Å². The Morgan fingerprint density at radius 2 is 0.985 bits per heavy atom. The Morgan fingerprint density at radius 3 is 1.58 bits per heavy atom. The standard InChI is InChI=1S/C61H55BN2S3/c1-34-24-48-55-49(25-34)64(57-35(2)26-42(27-36(57)3)54-32-40-17-13-15-19-51(40)66-54)58-45-33-43(60(6,7)8)21-23-52(45)67-59(58)62(55)46-22-20-41(53-31-39-16-12-14-18-50(39)65-53)30-47(46)63(48)56-37(4)28-44(29-38(56)5)61(9,10)11/h12-33H,1-11H3. The maximum Gasteiger partial charge on any atom is 0.264 e. The molecule has 0 amide bonds. The average molecular weight is 923 g/mol. The van der Waals surface area contributed by atoms with Gasteiger partial charge in [0.1, 0.15) is 0 Å². The first-order valence-corrected chi connectivity index (χ1v) is 26.1. The van der Waals surface area contributed by atoms with E-state index in [1.54, 1.807) is 0 Å². The Morgan fingerprint density at radius 1 is 0.433 bits per heavy atom. The highest BCUT2D eigenvalue weighted by atomic mass is 32.1. The van der Waals surface area contributed by atoms with Gasteiger partial charge in [-0.3, -0.25) is 0 Å². The quantitative estimate of drug-likeness (QED) is 0.162. The SMILES string of the molecule is Cc1cc2c3c(c1)N(c1c(C)cc(-c4cc5ccccc5s4)cc1C)c1c(sc4ccc(C(C)(C)C)cc14)B3c1ccc(-c3cc4ccccc4s3)cc1N2c1c(C)cc(C(C)(C)C)cc1C. The van der Waals surface area contributed by atoms with E-state index in [-0.39, 0.29) is 17.5 Å². The molecule has 0 atom stereocenters. The fraction of sp³-hybridized carbons (Fsp3) is 0.213. The minimum atomic E-state index is 0.00109. The van der Waals surface area contributed by atoms with Crippen LogP contribution in [-0.4, -0.2) is 6.71 Å². The van der Waals surface area contributed by atoms with Gasteiger partial charge in [0.15, 0.2) is 0 Å². The second-order valence-corrected chi connectivity index (χ2v) is 24.6. The minimum Gasteiger partial charge on any atom is -0.311 e. The van der Waals surface area contributed by atoms with Gasteiger partial charge < -0.3 is 9.80 Å². The van der Waals surface area contributed by atoms with Crippen molar-refractivity contribution in [2.45, 2.75) is 87.0 Å². The molecule has 67 heavy (non-hydrogen) atoms. The third-order valence-electron chi connectivity index (χ3n) is 14.4. The Bertz CT molecular complexity index is 3590. The van der Waals surface area contributed by atoms with E-state index in [4.69, 9.17) is 0 Å². The normalized spacial score (nSPS) is 13.5. The highest BCUT2D eigenvalue weighted by Crippen LogP contribution is 2.52. The maximum absolute atomic E-state index is 2.69. The number of rotatable bonds is 4. The van der Waals surface area contributed by atoms with Crippen molar-refractivity contribution in [3.05, 3.63) is 172 Å². The zero-order valence-electron chi connectivity index (χ0n) is 40.4. The third kappa shape index (κ3) is 6.69. The minimum absolute atomic E-state index is 0.00109. The molecule has 12 rings (SSSR count). The summed E-state index contributed by atoms with van der Waals surface area (Å²) in [6, 6.07) is 51.7. The second kappa shape index (κ2) is 15.0. The van der Waals surface area contributed by atoms with Gasteiger partial charge in [-0.05, 0) is 184 Å². The van der Waals surface area contributed by atoms with Crippen LogP contribution in [0.4, 0.5) is 34.1 Å². The average Bonchev–Trinajstić information content (AvgIpc) is 4.02. The number of thiophene rings is 3. The molecule has 0 radical (unpaired) electrons. The van der Waals surface area contributed by atoms with Crippen LogP contribution in [-0.2, 0) is 10.8 Å². The molecule has 0 saturated heterocycles. The number of benzene rings is 7. The molecule has 0 aliphatic carbocycles. The van der Waals surface area contributed by atoms with E-state index >= 15 is 0 Å². The number of hydrogen-bond acceptors (Lipinski definition) is 5. The second-order valence-electron chi connectivity index (χ2n) is 21.3. The first kappa shape index (κ1) is 42.4. The molecule has 0 unspecified atom stereocenters. The molecule has 330 valence electrons. The Labute approximate surface area is 408 Å². The van der Waals surface area contributed by atoms with Crippen LogP contribution in [0, 0.1) is 34.6 Å². The molecule has 7 aromatic carbocycles. The van der Waals surface area contributed by atoms with Crippen LogP contribution >= 0.6 is 34.0 Å². The fourth-order valence-electron chi connectivity index (χ4n) is 11.1. The van der Waals surface area contributed by atoms with Gasteiger partial charge in [-0.1, -0.05) is 108 Å². The molecule has 0 fully saturated rings. The molecule has 2 nitrogen and oxygen atoms in total. The molecule has 0 saturated carbocycles. The van der Waals surface area contributed by atoms with Crippen LogP contribution in [0.3, 0.4) is 0 Å². The van der Waals surface area contributed by atoms with Gasteiger partial charge in [0, 0.05) is 51.1 Å². The van der Waals surface area contributed by atoms with Crippen molar-refractivity contribution in [3.8, 4) is 20.9 Å². The van der Waals surface area contributed by atoms with Crippen molar-refractivity contribution in [1.82, 2.24) is 0 Å². The third-order valence-corrected chi connectivity index (χ3v) is 17.9. The van der Waals surface area contributed by atoms with E-state index in [0.717, 1.165) is 0 Å². The molecule has 2 aliphatic heterocycles. The zero-order chi connectivity index (χ0) is 46.4. The lowest BCUT2D eigenvalue weighted by atomic mass is 9.36. The lowest BCUT2D eigenvalue weighted by Crippen LogP contribution is -2.60. The van der Waals surface area contributed by atoms with Crippen molar-refractivity contribution in [3.63, 3.8) is 0 Å². The summed E-state index contributed by atoms with van der Waals surface area (Å²) in [5, 5.41) is 3.94. The van der Waals surface area contributed by atoms with Crippen molar-refractivity contribution in [1.29, 1.82) is 0 Å². The van der Waals surface area contributed by atoms with Crippen LogP contribution < -0.4 is 25.5 Å². The zero-order valence-corrected chi connectivity index (χ0v) is 42.8. The molecule has 0 spiro atoms. The number of nitrogens with zero attached hydrogens (tertiary/aromatic N) is 2. The smallest absolute Gasteiger partial charge is 0.264 e. The summed E-state index contributed by atoms with van der Waals surface area (Å²) in [5.41, 5.74) is 22.2. The lowest BCUT2D eigenvalue weighted by Gasteiger charge is -2.45. The predicted octanol–water partition coefficient (Wildman–Crippen LogP) is 16.9. The monoisotopic (exact) mass is 922 g/mol. The number of fused-ring (bicyclic) bond motifs is 8. The number of aryl methyl sites for hydroxylation is 5. The van der Waals surface area contributed by atoms with Gasteiger partial charge >= 0.3 is 0 Å². The topological polar surface area (TPSA) is 6.48 Å². The largest absolute Gasteiger partial charge is 0.311 e. The molecule has 3 aromatic heterocycles. The van der Waals surface area contributed by atoms with Gasteiger partial charge in [0.25, 0.3) is 6.71 Å². The van der Waals surface area contributed by atoms with Crippen LogP contribution in [0.2, 0.25) is 0 Å². The van der Waals surface area contributed by atoms with Crippen molar-refractivity contribution in [2.24, 2.45) is 0 Å². The van der Waals surface area contributed by atoms with E-state index in [1.165, 1.54) is 140 Å². The molecule has 0 bridgehead atoms. The molecule has 10 aromatic rings. The van der Waals surface area contributed by atoms with Crippen LogP contribution in [0.15, 0.2) is 133 Å². The highest BCUT2D eigenvalue weighted by molar-refractivity contribution is 7.33. The van der Waals surface area contributed by atoms with Crippen LogP contribution in [0.25, 0.3) is 51.1 Å². The molecule has 6 heteroatoms. The van der Waals surface area contributed by atoms with Crippen LogP contribution in [0.1, 0.15) is 80.5 Å².